The van der Waals surface area contributed by atoms with E-state index < -0.39 is 11.9 Å². The summed E-state index contributed by atoms with van der Waals surface area (Å²) in [5.41, 5.74) is 7.70. The highest BCUT2D eigenvalue weighted by Gasteiger charge is 2.39. The van der Waals surface area contributed by atoms with E-state index in [1.165, 1.54) is 0 Å². The van der Waals surface area contributed by atoms with Crippen LogP contribution in [0.3, 0.4) is 0 Å². The summed E-state index contributed by atoms with van der Waals surface area (Å²) in [5.74, 6) is -0.861. The van der Waals surface area contributed by atoms with Crippen molar-refractivity contribution in [2.24, 2.45) is 5.73 Å². The molecule has 3 rings (SSSR count). The van der Waals surface area contributed by atoms with Gasteiger partial charge >= 0.3 is 0 Å². The van der Waals surface area contributed by atoms with Crippen LogP contribution in [-0.2, 0) is 20.9 Å². The number of nitrogens with zero attached hydrogens (tertiary/aromatic N) is 1. The van der Waals surface area contributed by atoms with Crippen LogP contribution in [-0.4, -0.2) is 55.0 Å². The lowest BCUT2D eigenvalue weighted by Gasteiger charge is -2.29. The first-order valence-corrected chi connectivity index (χ1v) is 8.40. The number of amides is 3. The molecule has 1 fully saturated rings. The standard InChI is InChI=1S/C17H22N4O4/c18-6-8-25-9-7-19-13-3-1-2-11-12(13)10-21(17(11)24)14-4-5-15(22)20-16(14)23/h1-3,14,19H,4-10,18H2,(H,20,22,23). The number of nitrogens with one attached hydrogen (secondary N) is 2. The Bertz CT molecular complexity index is 691. The zero-order chi connectivity index (χ0) is 17.8. The van der Waals surface area contributed by atoms with E-state index in [4.69, 9.17) is 10.5 Å². The van der Waals surface area contributed by atoms with Gasteiger partial charge in [-0.2, -0.15) is 0 Å². The summed E-state index contributed by atoms with van der Waals surface area (Å²) < 4.78 is 5.34. The number of carbonyl (C=O) groups is 3. The van der Waals surface area contributed by atoms with Crippen molar-refractivity contribution in [3.05, 3.63) is 29.3 Å². The van der Waals surface area contributed by atoms with Gasteiger partial charge in [-0.1, -0.05) is 6.07 Å². The second-order valence-electron chi connectivity index (χ2n) is 6.06. The van der Waals surface area contributed by atoms with E-state index >= 15 is 0 Å². The van der Waals surface area contributed by atoms with Crippen LogP contribution >= 0.6 is 0 Å². The van der Waals surface area contributed by atoms with Crippen LogP contribution in [0.15, 0.2) is 18.2 Å². The van der Waals surface area contributed by atoms with Gasteiger partial charge in [0.2, 0.25) is 11.8 Å². The maximum absolute atomic E-state index is 12.7. The normalized spacial score (nSPS) is 19.8. The van der Waals surface area contributed by atoms with Gasteiger partial charge in [-0.3, -0.25) is 19.7 Å². The predicted octanol–water partition coefficient (Wildman–Crippen LogP) is -0.165. The molecule has 8 nitrogen and oxygen atoms in total. The van der Waals surface area contributed by atoms with E-state index in [-0.39, 0.29) is 18.2 Å². The zero-order valence-electron chi connectivity index (χ0n) is 13.9. The molecule has 25 heavy (non-hydrogen) atoms. The Morgan fingerprint density at radius 3 is 2.88 bits per heavy atom. The van der Waals surface area contributed by atoms with Crippen LogP contribution in [0.4, 0.5) is 5.69 Å². The summed E-state index contributed by atoms with van der Waals surface area (Å²) >= 11 is 0. The Balaban J connectivity index is 1.69. The number of hydrogen-bond acceptors (Lipinski definition) is 6. The monoisotopic (exact) mass is 346 g/mol. The van der Waals surface area contributed by atoms with Crippen LogP contribution in [0, 0.1) is 0 Å². The minimum absolute atomic E-state index is 0.174. The van der Waals surface area contributed by atoms with E-state index in [0.29, 0.717) is 44.8 Å². The van der Waals surface area contributed by atoms with E-state index in [1.54, 1.807) is 11.0 Å². The summed E-state index contributed by atoms with van der Waals surface area (Å²) in [4.78, 5) is 37.6. The maximum Gasteiger partial charge on any atom is 0.255 e. The summed E-state index contributed by atoms with van der Waals surface area (Å²) in [6.07, 6.45) is 0.611. The zero-order valence-corrected chi connectivity index (χ0v) is 13.9. The van der Waals surface area contributed by atoms with Gasteiger partial charge in [-0.15, -0.1) is 0 Å². The molecule has 1 unspecified atom stereocenters. The van der Waals surface area contributed by atoms with Crippen molar-refractivity contribution < 1.29 is 19.1 Å². The molecule has 1 saturated heterocycles. The lowest BCUT2D eigenvalue weighted by atomic mass is 10.0. The molecule has 0 saturated carbocycles. The molecule has 0 bridgehead atoms. The topological polar surface area (TPSA) is 114 Å². The molecule has 1 atom stereocenters. The van der Waals surface area contributed by atoms with Crippen molar-refractivity contribution in [3.63, 3.8) is 0 Å². The lowest BCUT2D eigenvalue weighted by molar-refractivity contribution is -0.136. The van der Waals surface area contributed by atoms with Crippen LogP contribution < -0.4 is 16.4 Å². The fraction of sp³-hybridized carbons (Fsp3) is 0.471. The molecule has 4 N–H and O–H groups in total. The minimum Gasteiger partial charge on any atom is -0.382 e. The van der Waals surface area contributed by atoms with Crippen molar-refractivity contribution in [2.45, 2.75) is 25.4 Å². The number of benzene rings is 1. The first kappa shape index (κ1) is 17.4. The van der Waals surface area contributed by atoms with Gasteiger partial charge in [0.15, 0.2) is 0 Å². The number of fused-ring (bicyclic) bond motifs is 1. The third-order valence-electron chi connectivity index (χ3n) is 4.41. The average molecular weight is 346 g/mol. The Hall–Kier alpha value is -2.45. The number of nitrogens with two attached hydrogens (primary N) is 1. The number of rotatable bonds is 7. The molecule has 1 aromatic rings. The van der Waals surface area contributed by atoms with Crippen molar-refractivity contribution in [1.82, 2.24) is 10.2 Å². The molecule has 0 aliphatic carbocycles. The van der Waals surface area contributed by atoms with Gasteiger partial charge in [-0.25, -0.2) is 0 Å². The van der Waals surface area contributed by atoms with Gasteiger partial charge in [-0.05, 0) is 18.6 Å². The summed E-state index contributed by atoms with van der Waals surface area (Å²) in [6, 6.07) is 4.88. The first-order chi connectivity index (χ1) is 12.1. The van der Waals surface area contributed by atoms with E-state index in [1.807, 2.05) is 12.1 Å². The fourth-order valence-electron chi connectivity index (χ4n) is 3.19. The molecule has 0 radical (unpaired) electrons. The number of ether oxygens (including phenoxy) is 1. The van der Waals surface area contributed by atoms with Crippen molar-refractivity contribution >= 4 is 23.4 Å². The first-order valence-electron chi connectivity index (χ1n) is 8.40. The number of hydrogen-bond donors (Lipinski definition) is 3. The van der Waals surface area contributed by atoms with Gasteiger partial charge in [0, 0.05) is 42.9 Å². The Morgan fingerprint density at radius 2 is 2.12 bits per heavy atom. The molecule has 1 aromatic carbocycles. The molecule has 2 heterocycles. The SMILES string of the molecule is NCCOCCNc1cccc2c1CN(C1CCC(=O)NC1=O)C2=O. The molecule has 3 amide bonds. The van der Waals surface area contributed by atoms with Gasteiger partial charge in [0.1, 0.15) is 6.04 Å². The highest BCUT2D eigenvalue weighted by Crippen LogP contribution is 2.32. The summed E-state index contributed by atoms with van der Waals surface area (Å²) in [5, 5.41) is 5.57. The van der Waals surface area contributed by atoms with Crippen molar-refractivity contribution in [2.75, 3.05) is 31.6 Å². The molecule has 0 spiro atoms. The quantitative estimate of drug-likeness (QED) is 0.467. The van der Waals surface area contributed by atoms with Crippen molar-refractivity contribution in [3.8, 4) is 0 Å². The third-order valence-corrected chi connectivity index (χ3v) is 4.41. The number of anilines is 1. The number of piperidine rings is 1. The van der Waals surface area contributed by atoms with E-state index in [2.05, 4.69) is 10.6 Å². The molecular formula is C17H22N4O4. The minimum atomic E-state index is -0.599. The second-order valence-corrected chi connectivity index (χ2v) is 6.06. The lowest BCUT2D eigenvalue weighted by Crippen LogP contribution is -2.52. The predicted molar refractivity (Wildman–Crippen MR) is 90.9 cm³/mol. The third kappa shape index (κ3) is 3.64. The molecular weight excluding hydrogens is 324 g/mol. The van der Waals surface area contributed by atoms with Gasteiger partial charge in [0.25, 0.3) is 5.91 Å². The molecule has 8 heteroatoms. The van der Waals surface area contributed by atoms with Crippen LogP contribution in [0.25, 0.3) is 0 Å². The molecule has 0 aromatic heterocycles. The largest absolute Gasteiger partial charge is 0.382 e. The summed E-state index contributed by atoms with van der Waals surface area (Å²) in [7, 11) is 0. The number of imide groups is 1. The smallest absolute Gasteiger partial charge is 0.255 e. The van der Waals surface area contributed by atoms with Gasteiger partial charge < -0.3 is 20.7 Å². The van der Waals surface area contributed by atoms with Crippen LogP contribution in [0.5, 0.6) is 0 Å². The number of carbonyl (C=O) groups excluding carboxylic acids is 3. The Labute approximate surface area is 145 Å². The summed E-state index contributed by atoms with van der Waals surface area (Å²) in [6.45, 7) is 2.47. The van der Waals surface area contributed by atoms with Crippen LogP contribution in [0.1, 0.15) is 28.8 Å². The highest BCUT2D eigenvalue weighted by atomic mass is 16.5. The maximum atomic E-state index is 12.7. The van der Waals surface area contributed by atoms with Gasteiger partial charge in [0.05, 0.1) is 13.2 Å². The second kappa shape index (κ2) is 7.62. The highest BCUT2D eigenvalue weighted by molar-refractivity contribution is 6.06. The van der Waals surface area contributed by atoms with E-state index in [0.717, 1.165) is 11.3 Å². The van der Waals surface area contributed by atoms with E-state index in [9.17, 15) is 14.4 Å². The Morgan fingerprint density at radius 1 is 1.28 bits per heavy atom. The molecule has 2 aliphatic rings. The van der Waals surface area contributed by atoms with Crippen LogP contribution in [0.2, 0.25) is 0 Å². The molecule has 2 aliphatic heterocycles. The fourth-order valence-corrected chi connectivity index (χ4v) is 3.19. The Kier molecular flexibility index (Phi) is 5.30. The molecule has 134 valence electrons. The van der Waals surface area contributed by atoms with Crippen molar-refractivity contribution in [1.29, 1.82) is 0 Å². The average Bonchev–Trinajstić information content (AvgIpc) is 2.92.